The zero-order chi connectivity index (χ0) is 16.1. The second kappa shape index (κ2) is 15.4. The fraction of sp³-hybridized carbons (Fsp3) is 1.00. The van der Waals surface area contributed by atoms with E-state index in [9.17, 15) is 13.5 Å². The number of aliphatic hydroxyl groups excluding tert-OH is 1. The van der Waals surface area contributed by atoms with E-state index in [1.54, 1.807) is 0 Å². The third kappa shape index (κ3) is 14.4. The summed E-state index contributed by atoms with van der Waals surface area (Å²) in [6, 6.07) is 0. The van der Waals surface area contributed by atoms with E-state index in [0.717, 1.165) is 12.8 Å². The van der Waals surface area contributed by atoms with Gasteiger partial charge in [0.1, 0.15) is 0 Å². The normalized spacial score (nSPS) is 14.4. The Morgan fingerprint density at radius 3 is 2.05 bits per heavy atom. The summed E-state index contributed by atoms with van der Waals surface area (Å²) in [7, 11) is -3.67. The molecule has 0 aromatic rings. The topological polar surface area (TPSA) is 89.6 Å². The monoisotopic (exact) mass is 347 g/mol. The van der Waals surface area contributed by atoms with Gasteiger partial charge in [0.2, 0.25) is 0 Å². The zero-order valence-corrected chi connectivity index (χ0v) is 17.4. The molecule has 0 aliphatic carbocycles. The summed E-state index contributed by atoms with van der Waals surface area (Å²) in [6.07, 6.45) is 10.6. The Morgan fingerprint density at radius 1 is 1.05 bits per heavy atom. The predicted octanol–water partition coefficient (Wildman–Crippen LogP) is 0.241. The molecule has 5 nitrogen and oxygen atoms in total. The first kappa shape index (κ1) is 25.1. The molecular weight excluding hydrogens is 313 g/mol. The summed E-state index contributed by atoms with van der Waals surface area (Å²) in [5.74, 6) is 4.54. The molecule has 0 amide bonds. The average Bonchev–Trinajstić information content (AvgIpc) is 2.47. The number of hydrogen-bond donors (Lipinski definition) is 2. The molecular formula is C15H34NNaO4S. The van der Waals surface area contributed by atoms with E-state index in [0.29, 0.717) is 0 Å². The van der Waals surface area contributed by atoms with Gasteiger partial charge in [-0.1, -0.05) is 65.2 Å². The van der Waals surface area contributed by atoms with Crippen LogP contribution in [0.25, 0.3) is 0 Å². The van der Waals surface area contributed by atoms with Crippen molar-refractivity contribution in [3.8, 4) is 0 Å². The first-order valence-corrected chi connectivity index (χ1v) is 9.79. The van der Waals surface area contributed by atoms with Crippen LogP contribution >= 0.6 is 0 Å². The molecule has 130 valence electrons. The summed E-state index contributed by atoms with van der Waals surface area (Å²) in [4.78, 5) is 0. The molecule has 0 aliphatic rings. The van der Waals surface area contributed by atoms with Crippen LogP contribution in [0.15, 0.2) is 0 Å². The van der Waals surface area contributed by atoms with Gasteiger partial charge in [-0.05, 0) is 18.8 Å². The number of rotatable bonds is 14. The molecule has 0 heterocycles. The van der Waals surface area contributed by atoms with Crippen molar-refractivity contribution >= 4 is 10.1 Å². The van der Waals surface area contributed by atoms with E-state index in [1.807, 2.05) is 6.92 Å². The van der Waals surface area contributed by atoms with Crippen molar-refractivity contribution in [1.82, 2.24) is 0 Å². The third-order valence-electron chi connectivity index (χ3n) is 3.98. The quantitative estimate of drug-likeness (QED) is 0.267. The fourth-order valence-electron chi connectivity index (χ4n) is 2.39. The molecule has 0 bridgehead atoms. The van der Waals surface area contributed by atoms with Crippen LogP contribution < -0.4 is 35.5 Å². The van der Waals surface area contributed by atoms with Crippen molar-refractivity contribution in [3.63, 3.8) is 0 Å². The van der Waals surface area contributed by atoms with Crippen LogP contribution in [-0.4, -0.2) is 25.4 Å². The van der Waals surface area contributed by atoms with Gasteiger partial charge in [-0.3, -0.25) is 0 Å². The summed E-state index contributed by atoms with van der Waals surface area (Å²) in [5, 5.41) is 9.92. The van der Waals surface area contributed by atoms with Crippen LogP contribution in [-0.2, 0) is 14.4 Å². The van der Waals surface area contributed by atoms with Crippen molar-refractivity contribution in [2.45, 2.75) is 84.2 Å². The number of unbranched alkanes of at least 4 members (excludes halogenated alkanes) is 7. The minimum atomic E-state index is -3.67. The minimum absolute atomic E-state index is 0. The maximum atomic E-state index is 11.1. The fourth-order valence-corrected chi connectivity index (χ4v) is 3.02. The molecule has 0 saturated heterocycles. The average molecular weight is 347 g/mol. The summed E-state index contributed by atoms with van der Waals surface area (Å²) < 4.78 is 26.0. The van der Waals surface area contributed by atoms with Gasteiger partial charge in [0.25, 0.3) is 10.1 Å². The van der Waals surface area contributed by atoms with Crippen molar-refractivity contribution in [3.05, 3.63) is 0 Å². The number of nitrogens with two attached hydrogens (primary N) is 1. The van der Waals surface area contributed by atoms with Crippen molar-refractivity contribution < 1.29 is 48.8 Å². The van der Waals surface area contributed by atoms with Gasteiger partial charge in [0.15, 0.2) is 0 Å². The molecule has 7 heteroatoms. The molecule has 0 aromatic carbocycles. The Balaban J connectivity index is -0.00000200. The first-order chi connectivity index (χ1) is 9.93. The maximum Gasteiger partial charge on any atom is 1.00 e. The number of hydrogen-bond acceptors (Lipinski definition) is 5. The largest absolute Gasteiger partial charge is 1.00 e. The molecule has 0 rings (SSSR count). The molecule has 0 aromatic heterocycles. The van der Waals surface area contributed by atoms with Crippen LogP contribution in [0.2, 0.25) is 0 Å². The Labute approximate surface area is 160 Å². The van der Waals surface area contributed by atoms with Gasteiger partial charge < -0.3 is 6.53 Å². The standard InChI is InChI=1S/C15H33NO4S.Na.H/c1-3-4-5-6-7-8-9-10-11-14(2)15(17)12-13-21(18,19)20-16;;/h14-15,17H,3-13,16H2,1-2H3;;/q;+1;-1. The number of aliphatic hydroxyl groups is 1. The van der Waals surface area contributed by atoms with Gasteiger partial charge in [0.05, 0.1) is 11.9 Å². The Hall–Kier alpha value is 0.830. The van der Waals surface area contributed by atoms with Crippen LogP contribution in [0.3, 0.4) is 0 Å². The van der Waals surface area contributed by atoms with Crippen LogP contribution in [0.1, 0.15) is 79.5 Å². The molecule has 0 aliphatic heterocycles. The minimum Gasteiger partial charge on any atom is -1.00 e. The maximum absolute atomic E-state index is 11.1. The van der Waals surface area contributed by atoms with Gasteiger partial charge in [0, 0.05) is 0 Å². The van der Waals surface area contributed by atoms with Crippen LogP contribution in [0, 0.1) is 5.92 Å². The van der Waals surface area contributed by atoms with Gasteiger partial charge in [-0.15, -0.1) is 0 Å². The Morgan fingerprint density at radius 2 is 1.55 bits per heavy atom. The van der Waals surface area contributed by atoms with Crippen molar-refractivity contribution in [1.29, 1.82) is 0 Å². The molecule has 22 heavy (non-hydrogen) atoms. The summed E-state index contributed by atoms with van der Waals surface area (Å²) >= 11 is 0. The van der Waals surface area contributed by atoms with Crippen LogP contribution in [0.4, 0.5) is 0 Å². The van der Waals surface area contributed by atoms with E-state index in [1.165, 1.54) is 44.9 Å². The molecule has 0 saturated carbocycles. The third-order valence-corrected chi connectivity index (χ3v) is 5.01. The van der Waals surface area contributed by atoms with E-state index in [2.05, 4.69) is 17.1 Å². The summed E-state index contributed by atoms with van der Waals surface area (Å²) in [5.41, 5.74) is 0. The van der Waals surface area contributed by atoms with Gasteiger partial charge in [-0.25, -0.2) is 0 Å². The first-order valence-electron chi connectivity index (χ1n) is 8.22. The molecule has 0 spiro atoms. The smallest absolute Gasteiger partial charge is 1.00 e. The molecule has 2 unspecified atom stereocenters. The van der Waals surface area contributed by atoms with Gasteiger partial charge >= 0.3 is 29.6 Å². The predicted molar refractivity (Wildman–Crippen MR) is 87.2 cm³/mol. The molecule has 2 atom stereocenters. The Bertz CT molecular complexity index is 344. The SMILES string of the molecule is CCCCCCCCCCC(C)C(O)CCS(=O)(=O)ON.[H-].[Na+]. The van der Waals surface area contributed by atoms with E-state index in [-0.39, 0.29) is 49.1 Å². The molecule has 3 N–H and O–H groups in total. The second-order valence-corrected chi connectivity index (χ2v) is 7.67. The van der Waals surface area contributed by atoms with E-state index in [4.69, 9.17) is 0 Å². The Kier molecular flexibility index (Phi) is 17.5. The van der Waals surface area contributed by atoms with Crippen molar-refractivity contribution in [2.24, 2.45) is 11.8 Å². The van der Waals surface area contributed by atoms with Crippen molar-refractivity contribution in [2.75, 3.05) is 5.75 Å². The molecule has 0 fully saturated rings. The zero-order valence-electron chi connectivity index (χ0n) is 15.6. The van der Waals surface area contributed by atoms with Crippen LogP contribution in [0.5, 0.6) is 0 Å². The molecule has 0 radical (unpaired) electrons. The van der Waals surface area contributed by atoms with E-state index >= 15 is 0 Å². The summed E-state index contributed by atoms with van der Waals surface area (Å²) in [6.45, 7) is 4.18. The van der Waals surface area contributed by atoms with Gasteiger partial charge in [-0.2, -0.15) is 18.6 Å². The second-order valence-electron chi connectivity index (χ2n) is 5.95. The van der Waals surface area contributed by atoms with E-state index < -0.39 is 16.2 Å².